The first-order valence-electron chi connectivity index (χ1n) is 2.61. The molecular formula is C7H7NO. The van der Waals surface area contributed by atoms with Crippen LogP contribution in [0.25, 0.3) is 0 Å². The average molecular weight is 121 g/mol. The van der Waals surface area contributed by atoms with Crippen molar-refractivity contribution in [2.45, 2.75) is 0 Å². The molecule has 0 aliphatic carbocycles. The lowest BCUT2D eigenvalue weighted by molar-refractivity contribution is 0.354. The number of ether oxygens (including phenoxy) is 1. The van der Waals surface area contributed by atoms with E-state index in [-0.39, 0.29) is 0 Å². The minimum atomic E-state index is 0.594. The van der Waals surface area contributed by atoms with E-state index in [1.807, 2.05) is 4.90 Å². The van der Waals surface area contributed by atoms with E-state index in [1.165, 1.54) is 0 Å². The molecule has 0 saturated carbocycles. The Labute approximate surface area is 54.4 Å². The molecule has 9 heavy (non-hydrogen) atoms. The summed E-state index contributed by atoms with van der Waals surface area (Å²) in [5.74, 6) is 2.51. The molecule has 0 unspecified atom stereocenters. The van der Waals surface area contributed by atoms with Gasteiger partial charge in [-0.05, 0) is 0 Å². The molecule has 0 amide bonds. The highest BCUT2D eigenvalue weighted by molar-refractivity contribution is 4.99. The minimum absolute atomic E-state index is 0.594. The summed E-state index contributed by atoms with van der Waals surface area (Å²) in [6, 6.07) is 0. The van der Waals surface area contributed by atoms with Gasteiger partial charge >= 0.3 is 0 Å². The predicted molar refractivity (Wildman–Crippen MR) is 34.9 cm³/mol. The molecular weight excluding hydrogens is 114 g/mol. The third kappa shape index (κ3) is 1.54. The molecule has 0 saturated heterocycles. The summed E-state index contributed by atoms with van der Waals surface area (Å²) in [7, 11) is 0. The number of nitrogens with zero attached hydrogens (tertiary/aromatic N) is 1. The molecule has 0 bridgehead atoms. The van der Waals surface area contributed by atoms with Gasteiger partial charge in [0.05, 0.1) is 6.54 Å². The molecule has 0 N–H and O–H groups in total. The van der Waals surface area contributed by atoms with Crippen LogP contribution in [-0.2, 0) is 4.74 Å². The van der Waals surface area contributed by atoms with Crippen molar-refractivity contribution in [2.75, 3.05) is 6.54 Å². The van der Waals surface area contributed by atoms with Crippen LogP contribution in [-0.4, -0.2) is 11.4 Å². The van der Waals surface area contributed by atoms with Crippen LogP contribution < -0.4 is 0 Å². The molecule has 2 heteroatoms. The Morgan fingerprint density at radius 1 is 1.44 bits per heavy atom. The van der Waals surface area contributed by atoms with Crippen LogP contribution in [0.2, 0.25) is 0 Å². The van der Waals surface area contributed by atoms with Gasteiger partial charge < -0.3 is 9.64 Å². The Hall–Kier alpha value is -1.36. The topological polar surface area (TPSA) is 12.5 Å². The predicted octanol–water partition coefficient (Wildman–Crippen LogP) is 0.894. The smallest absolute Gasteiger partial charge is 0.106 e. The number of terminal acetylenes is 1. The van der Waals surface area contributed by atoms with Crippen LogP contribution in [0.5, 0.6) is 0 Å². The first kappa shape index (κ1) is 5.77. The standard InChI is InChI=1S/C7H7NO/c1-2-3-8-4-6-9-7-5-8/h1,4-7H,3H2. The van der Waals surface area contributed by atoms with Crippen molar-refractivity contribution in [1.29, 1.82) is 0 Å². The molecule has 1 aliphatic heterocycles. The highest BCUT2D eigenvalue weighted by atomic mass is 16.5. The molecule has 1 rings (SSSR count). The zero-order chi connectivity index (χ0) is 6.53. The van der Waals surface area contributed by atoms with Gasteiger partial charge in [-0.1, -0.05) is 5.92 Å². The Bertz CT molecular complexity index is 164. The highest BCUT2D eigenvalue weighted by Crippen LogP contribution is 1.97. The molecule has 0 atom stereocenters. The van der Waals surface area contributed by atoms with E-state index in [1.54, 1.807) is 24.9 Å². The van der Waals surface area contributed by atoms with Gasteiger partial charge in [0.1, 0.15) is 12.5 Å². The summed E-state index contributed by atoms with van der Waals surface area (Å²) in [6.07, 6.45) is 11.8. The monoisotopic (exact) mass is 121 g/mol. The molecule has 1 aliphatic rings. The van der Waals surface area contributed by atoms with E-state index in [4.69, 9.17) is 11.2 Å². The molecule has 0 spiro atoms. The largest absolute Gasteiger partial charge is 0.470 e. The van der Waals surface area contributed by atoms with Crippen LogP contribution in [0.3, 0.4) is 0 Å². The zero-order valence-electron chi connectivity index (χ0n) is 4.95. The first-order valence-corrected chi connectivity index (χ1v) is 2.61. The average Bonchev–Trinajstić information content (AvgIpc) is 1.91. The van der Waals surface area contributed by atoms with Gasteiger partial charge in [0.2, 0.25) is 0 Å². The van der Waals surface area contributed by atoms with Crippen LogP contribution >= 0.6 is 0 Å². The van der Waals surface area contributed by atoms with Gasteiger partial charge in [0.25, 0.3) is 0 Å². The van der Waals surface area contributed by atoms with Crippen molar-refractivity contribution in [2.24, 2.45) is 0 Å². The summed E-state index contributed by atoms with van der Waals surface area (Å²) in [6.45, 7) is 0.594. The number of rotatable bonds is 1. The minimum Gasteiger partial charge on any atom is -0.470 e. The van der Waals surface area contributed by atoms with Crippen LogP contribution in [0.1, 0.15) is 0 Å². The van der Waals surface area contributed by atoms with E-state index < -0.39 is 0 Å². The van der Waals surface area contributed by atoms with Gasteiger partial charge in [0, 0.05) is 12.4 Å². The van der Waals surface area contributed by atoms with Crippen molar-refractivity contribution in [3.63, 3.8) is 0 Å². The van der Waals surface area contributed by atoms with Gasteiger partial charge in [-0.3, -0.25) is 0 Å². The maximum Gasteiger partial charge on any atom is 0.106 e. The van der Waals surface area contributed by atoms with Crippen molar-refractivity contribution in [1.82, 2.24) is 4.90 Å². The Morgan fingerprint density at radius 2 is 2.11 bits per heavy atom. The normalized spacial score (nSPS) is 14.8. The zero-order valence-corrected chi connectivity index (χ0v) is 4.95. The molecule has 2 nitrogen and oxygen atoms in total. The van der Waals surface area contributed by atoms with Crippen LogP contribution in [0.15, 0.2) is 24.9 Å². The maximum absolute atomic E-state index is 5.06. The lowest BCUT2D eigenvalue weighted by atomic mass is 10.5. The first-order chi connectivity index (χ1) is 4.43. The second-order valence-electron chi connectivity index (χ2n) is 1.58. The van der Waals surface area contributed by atoms with E-state index in [0.29, 0.717) is 6.54 Å². The molecule has 0 aromatic rings. The van der Waals surface area contributed by atoms with Gasteiger partial charge in [-0.25, -0.2) is 0 Å². The molecule has 0 aromatic carbocycles. The lowest BCUT2D eigenvalue weighted by Gasteiger charge is -2.12. The third-order valence-corrected chi connectivity index (χ3v) is 0.936. The Morgan fingerprint density at radius 3 is 2.67 bits per heavy atom. The summed E-state index contributed by atoms with van der Waals surface area (Å²) >= 11 is 0. The second-order valence-corrected chi connectivity index (χ2v) is 1.58. The molecule has 0 aromatic heterocycles. The van der Waals surface area contributed by atoms with Crippen molar-refractivity contribution < 1.29 is 4.74 Å². The SMILES string of the molecule is C#CCN1C=COC=C1. The maximum atomic E-state index is 5.06. The molecule has 46 valence electrons. The van der Waals surface area contributed by atoms with Crippen molar-refractivity contribution in [3.05, 3.63) is 24.9 Å². The molecule has 0 radical (unpaired) electrons. The lowest BCUT2D eigenvalue weighted by Crippen LogP contribution is -2.11. The van der Waals surface area contributed by atoms with Crippen LogP contribution in [0, 0.1) is 12.3 Å². The molecule has 0 fully saturated rings. The fourth-order valence-corrected chi connectivity index (χ4v) is 0.532. The Kier molecular flexibility index (Phi) is 1.81. The summed E-state index contributed by atoms with van der Waals surface area (Å²) in [4.78, 5) is 1.85. The fraction of sp³-hybridized carbons (Fsp3) is 0.143. The Balaban J connectivity index is 2.42. The van der Waals surface area contributed by atoms with Crippen molar-refractivity contribution >= 4 is 0 Å². The van der Waals surface area contributed by atoms with Gasteiger partial charge in [-0.15, -0.1) is 6.42 Å². The summed E-state index contributed by atoms with van der Waals surface area (Å²) in [5.41, 5.74) is 0. The molecule has 1 heterocycles. The van der Waals surface area contributed by atoms with Crippen molar-refractivity contribution in [3.8, 4) is 12.3 Å². The fourth-order valence-electron chi connectivity index (χ4n) is 0.532. The van der Waals surface area contributed by atoms with Gasteiger partial charge in [-0.2, -0.15) is 0 Å². The van der Waals surface area contributed by atoms with E-state index in [9.17, 15) is 0 Å². The van der Waals surface area contributed by atoms with Gasteiger partial charge in [0.15, 0.2) is 0 Å². The summed E-state index contributed by atoms with van der Waals surface area (Å²) < 4.78 is 4.77. The second kappa shape index (κ2) is 2.83. The van der Waals surface area contributed by atoms with E-state index in [0.717, 1.165) is 0 Å². The number of hydrogen-bond acceptors (Lipinski definition) is 2. The highest BCUT2D eigenvalue weighted by Gasteiger charge is 1.92. The van der Waals surface area contributed by atoms with Crippen LogP contribution in [0.4, 0.5) is 0 Å². The summed E-state index contributed by atoms with van der Waals surface area (Å²) in [5, 5.41) is 0. The quantitative estimate of drug-likeness (QED) is 0.478. The number of hydrogen-bond donors (Lipinski definition) is 0. The van der Waals surface area contributed by atoms with E-state index >= 15 is 0 Å². The van der Waals surface area contributed by atoms with E-state index in [2.05, 4.69) is 5.92 Å². The third-order valence-electron chi connectivity index (χ3n) is 0.936.